The lowest BCUT2D eigenvalue weighted by atomic mass is 10.1. The zero-order valence-electron chi connectivity index (χ0n) is 13.8. The minimum atomic E-state index is -0.0765. The monoisotopic (exact) mass is 318 g/mol. The molecule has 6 nitrogen and oxygen atoms in total. The maximum atomic E-state index is 12.3. The molecular formula is C17H26N4O2. The molecule has 1 aliphatic heterocycles. The van der Waals surface area contributed by atoms with Crippen LogP contribution in [0.3, 0.4) is 0 Å². The number of amides is 2. The topological polar surface area (TPSA) is 59.4 Å². The van der Waals surface area contributed by atoms with Crippen molar-refractivity contribution in [2.45, 2.75) is 45.3 Å². The Hall–Kier alpha value is -1.82. The van der Waals surface area contributed by atoms with Crippen molar-refractivity contribution in [2.75, 3.05) is 26.2 Å². The van der Waals surface area contributed by atoms with Crippen molar-refractivity contribution in [1.29, 1.82) is 0 Å². The number of aryl methyl sites for hydroxylation is 1. The third-order valence-electron chi connectivity index (χ3n) is 4.56. The molecule has 1 saturated heterocycles. The van der Waals surface area contributed by atoms with Gasteiger partial charge in [0.2, 0.25) is 0 Å². The number of allylic oxidation sites excluding steroid dienone is 1. The van der Waals surface area contributed by atoms with Crippen molar-refractivity contribution in [3.05, 3.63) is 29.6 Å². The zero-order chi connectivity index (χ0) is 16.1. The van der Waals surface area contributed by atoms with E-state index in [-0.39, 0.29) is 12.1 Å². The summed E-state index contributed by atoms with van der Waals surface area (Å²) in [6.45, 7) is 5.42. The summed E-state index contributed by atoms with van der Waals surface area (Å²) in [4.78, 5) is 14.2. The molecule has 1 atom stereocenters. The van der Waals surface area contributed by atoms with E-state index in [9.17, 15) is 4.79 Å². The molecule has 1 aromatic heterocycles. The van der Waals surface area contributed by atoms with Crippen LogP contribution in [0.5, 0.6) is 0 Å². The Morgan fingerprint density at radius 3 is 3.17 bits per heavy atom. The Morgan fingerprint density at radius 1 is 1.52 bits per heavy atom. The van der Waals surface area contributed by atoms with Gasteiger partial charge in [0.05, 0.1) is 19.3 Å². The fraction of sp³-hybridized carbons (Fsp3) is 0.647. The minimum absolute atomic E-state index is 0.0137. The Kier molecular flexibility index (Phi) is 5.33. The number of ether oxygens (including phenoxy) is 1. The van der Waals surface area contributed by atoms with Crippen LogP contribution in [0, 0.1) is 0 Å². The molecule has 6 heteroatoms. The number of carbonyl (C=O) groups excluding carboxylic acids is 1. The van der Waals surface area contributed by atoms with Gasteiger partial charge < -0.3 is 15.0 Å². The van der Waals surface area contributed by atoms with Gasteiger partial charge in [0.15, 0.2) is 0 Å². The number of nitrogens with one attached hydrogen (secondary N) is 1. The highest BCUT2D eigenvalue weighted by atomic mass is 16.5. The van der Waals surface area contributed by atoms with E-state index >= 15 is 0 Å². The normalized spacial score (nSPS) is 21.3. The predicted octanol–water partition coefficient (Wildman–Crippen LogP) is 2.49. The number of hydrogen-bond donors (Lipinski definition) is 1. The van der Waals surface area contributed by atoms with E-state index in [0.29, 0.717) is 19.7 Å². The van der Waals surface area contributed by atoms with Crippen LogP contribution < -0.4 is 5.32 Å². The van der Waals surface area contributed by atoms with Gasteiger partial charge in [0.1, 0.15) is 6.10 Å². The fourth-order valence-corrected chi connectivity index (χ4v) is 3.16. The third kappa shape index (κ3) is 4.13. The van der Waals surface area contributed by atoms with E-state index in [1.165, 1.54) is 24.8 Å². The van der Waals surface area contributed by atoms with E-state index in [0.717, 1.165) is 25.1 Å². The third-order valence-corrected chi connectivity index (χ3v) is 4.56. The van der Waals surface area contributed by atoms with Gasteiger partial charge in [0.25, 0.3) is 0 Å². The molecule has 1 fully saturated rings. The summed E-state index contributed by atoms with van der Waals surface area (Å²) in [5, 5.41) is 7.32. The number of aromatic nitrogens is 2. The molecule has 1 aromatic rings. The predicted molar refractivity (Wildman–Crippen MR) is 88.1 cm³/mol. The Bertz CT molecular complexity index is 567. The van der Waals surface area contributed by atoms with Crippen LogP contribution in [-0.2, 0) is 11.3 Å². The fourth-order valence-electron chi connectivity index (χ4n) is 3.16. The van der Waals surface area contributed by atoms with Crippen LogP contribution >= 0.6 is 0 Å². The first kappa shape index (κ1) is 16.1. The van der Waals surface area contributed by atoms with Gasteiger partial charge in [-0.25, -0.2) is 4.79 Å². The van der Waals surface area contributed by atoms with Crippen molar-refractivity contribution < 1.29 is 9.53 Å². The highest BCUT2D eigenvalue weighted by molar-refractivity contribution is 5.74. The van der Waals surface area contributed by atoms with Crippen LogP contribution in [0.4, 0.5) is 4.79 Å². The molecule has 2 heterocycles. The number of carbonyl (C=O) groups is 1. The molecule has 1 N–H and O–H groups in total. The molecule has 23 heavy (non-hydrogen) atoms. The standard InChI is InChI=1S/C17H26N4O2/c1-2-21-12-15(11-19-21)16-13-20(9-10-23-16)17(22)18-8-7-14-5-3-4-6-14/h5,11-12,16H,2-4,6-10,13H2,1H3,(H,18,22)/t16-/m1/s1. The van der Waals surface area contributed by atoms with Crippen molar-refractivity contribution in [3.8, 4) is 0 Å². The molecule has 0 bridgehead atoms. The Balaban J connectivity index is 1.48. The summed E-state index contributed by atoms with van der Waals surface area (Å²) in [5.74, 6) is 0. The van der Waals surface area contributed by atoms with E-state index in [2.05, 4.69) is 23.4 Å². The lowest BCUT2D eigenvalue weighted by Crippen LogP contribution is -2.47. The summed E-state index contributed by atoms with van der Waals surface area (Å²) < 4.78 is 7.69. The van der Waals surface area contributed by atoms with E-state index in [4.69, 9.17) is 4.74 Å². The number of urea groups is 1. The summed E-state index contributed by atoms with van der Waals surface area (Å²) >= 11 is 0. The van der Waals surface area contributed by atoms with Gasteiger partial charge in [-0.2, -0.15) is 5.10 Å². The molecule has 0 spiro atoms. The molecular weight excluding hydrogens is 292 g/mol. The SMILES string of the molecule is CCn1cc([C@H]2CN(C(=O)NCCC3=CCCC3)CCO2)cn1. The molecule has 126 valence electrons. The lowest BCUT2D eigenvalue weighted by Gasteiger charge is -2.32. The maximum Gasteiger partial charge on any atom is 0.317 e. The van der Waals surface area contributed by atoms with Crippen LogP contribution in [0.25, 0.3) is 0 Å². The molecule has 0 radical (unpaired) electrons. The quantitative estimate of drug-likeness (QED) is 0.849. The molecule has 1 aliphatic carbocycles. The Labute approximate surface area is 137 Å². The van der Waals surface area contributed by atoms with Crippen LogP contribution in [0.1, 0.15) is 44.3 Å². The average Bonchev–Trinajstić information content (AvgIpc) is 3.26. The molecule has 2 aliphatic rings. The van der Waals surface area contributed by atoms with Gasteiger partial charge in [-0.1, -0.05) is 11.6 Å². The average molecular weight is 318 g/mol. The van der Waals surface area contributed by atoms with Crippen LogP contribution in [0.15, 0.2) is 24.0 Å². The highest BCUT2D eigenvalue weighted by Crippen LogP contribution is 2.22. The molecule has 2 amide bonds. The van der Waals surface area contributed by atoms with Crippen molar-refractivity contribution >= 4 is 6.03 Å². The smallest absolute Gasteiger partial charge is 0.317 e. The first-order valence-electron chi connectivity index (χ1n) is 8.61. The summed E-state index contributed by atoms with van der Waals surface area (Å²) in [6, 6.07) is 0.0137. The van der Waals surface area contributed by atoms with Crippen LogP contribution in [0.2, 0.25) is 0 Å². The van der Waals surface area contributed by atoms with Crippen molar-refractivity contribution in [2.24, 2.45) is 0 Å². The number of morpholine rings is 1. The summed E-state index contributed by atoms with van der Waals surface area (Å²) in [7, 11) is 0. The molecule has 0 unspecified atom stereocenters. The second-order valence-electron chi connectivity index (χ2n) is 6.17. The zero-order valence-corrected chi connectivity index (χ0v) is 13.8. The largest absolute Gasteiger partial charge is 0.370 e. The first-order chi connectivity index (χ1) is 11.3. The highest BCUT2D eigenvalue weighted by Gasteiger charge is 2.26. The molecule has 0 saturated carbocycles. The van der Waals surface area contributed by atoms with Gasteiger partial charge in [-0.3, -0.25) is 4.68 Å². The van der Waals surface area contributed by atoms with Crippen LogP contribution in [-0.4, -0.2) is 47.0 Å². The van der Waals surface area contributed by atoms with E-state index in [1.54, 1.807) is 0 Å². The van der Waals surface area contributed by atoms with Gasteiger partial charge in [-0.05, 0) is 32.6 Å². The summed E-state index contributed by atoms with van der Waals surface area (Å²) in [5.41, 5.74) is 2.53. The van der Waals surface area contributed by atoms with Gasteiger partial charge in [-0.15, -0.1) is 0 Å². The number of hydrogen-bond acceptors (Lipinski definition) is 3. The van der Waals surface area contributed by atoms with Crippen molar-refractivity contribution in [3.63, 3.8) is 0 Å². The van der Waals surface area contributed by atoms with Gasteiger partial charge in [0, 0.05) is 31.4 Å². The minimum Gasteiger partial charge on any atom is -0.370 e. The molecule has 3 rings (SSSR count). The lowest BCUT2D eigenvalue weighted by molar-refractivity contribution is -0.0154. The molecule has 0 aromatic carbocycles. The second-order valence-corrected chi connectivity index (χ2v) is 6.17. The number of nitrogens with zero attached hydrogens (tertiary/aromatic N) is 3. The summed E-state index contributed by atoms with van der Waals surface area (Å²) in [6.07, 6.45) is 10.7. The maximum absolute atomic E-state index is 12.3. The number of rotatable bonds is 5. The van der Waals surface area contributed by atoms with Crippen molar-refractivity contribution in [1.82, 2.24) is 20.0 Å². The second kappa shape index (κ2) is 7.64. The van der Waals surface area contributed by atoms with E-state index < -0.39 is 0 Å². The van der Waals surface area contributed by atoms with E-state index in [1.807, 2.05) is 22.0 Å². The first-order valence-corrected chi connectivity index (χ1v) is 8.61. The Morgan fingerprint density at radius 2 is 2.43 bits per heavy atom. The van der Waals surface area contributed by atoms with Gasteiger partial charge >= 0.3 is 6.03 Å².